The molecule has 5 rings (SSSR count). The fourth-order valence-electron chi connectivity index (χ4n) is 5.36. The molecule has 0 spiro atoms. The Hall–Kier alpha value is -4.29. The third-order valence-electron chi connectivity index (χ3n) is 7.34. The maximum absolute atomic E-state index is 13.7. The lowest BCUT2D eigenvalue weighted by Crippen LogP contribution is -2.61. The summed E-state index contributed by atoms with van der Waals surface area (Å²) in [5.74, 6) is -6.99. The van der Waals surface area contributed by atoms with Crippen LogP contribution in [0.3, 0.4) is 0 Å². The van der Waals surface area contributed by atoms with E-state index in [0.717, 1.165) is 0 Å². The van der Waals surface area contributed by atoms with Crippen LogP contribution in [0.15, 0.2) is 64.3 Å². The van der Waals surface area contributed by atoms with Gasteiger partial charge in [0.2, 0.25) is 5.78 Å². The number of anilines is 1. The molecule has 1 heterocycles. The van der Waals surface area contributed by atoms with Gasteiger partial charge in [-0.2, -0.15) is 0 Å². The first-order valence-electron chi connectivity index (χ1n) is 11.6. The number of hydrazine groups is 1. The number of likely N-dealkylation sites (N-methyl/N-ethyl adjacent to an activating group) is 1. The second-order valence-corrected chi connectivity index (χ2v) is 9.91. The number of nitrogens with one attached hydrogen (secondary N) is 2. The molecule has 3 atom stereocenters. The summed E-state index contributed by atoms with van der Waals surface area (Å²) in [6, 6.07) is 9.79. The molecule has 38 heavy (non-hydrogen) atoms. The smallest absolute Gasteiger partial charge is 0.276 e. The Balaban J connectivity index is 1.49. The van der Waals surface area contributed by atoms with E-state index in [-0.39, 0.29) is 28.9 Å². The molecule has 11 nitrogen and oxygen atoms in total. The number of aliphatic hydroxyl groups is 3. The fraction of sp³-hybridized carbons (Fsp3) is 0.231. The van der Waals surface area contributed by atoms with Gasteiger partial charge in [0.15, 0.2) is 11.4 Å². The number of rotatable bonds is 2. The molecule has 12 heteroatoms. The van der Waals surface area contributed by atoms with Crippen LogP contribution in [-0.2, 0) is 14.4 Å². The fourth-order valence-corrected chi connectivity index (χ4v) is 5.51. The molecule has 196 valence electrons. The quantitative estimate of drug-likeness (QED) is 0.169. The minimum Gasteiger partial charge on any atom is -0.508 e. The zero-order chi connectivity index (χ0) is 27.5. The summed E-state index contributed by atoms with van der Waals surface area (Å²) in [6.45, 7) is 0. The first-order chi connectivity index (χ1) is 18.0. The molecule has 3 unspecified atom stereocenters. The van der Waals surface area contributed by atoms with Crippen molar-refractivity contribution in [2.45, 2.75) is 29.4 Å². The summed E-state index contributed by atoms with van der Waals surface area (Å²) >= 11 is 4.13. The number of Topliss-reactive ketones (excluding diaryl/α,β-unsaturated/α-hetero) is 2. The van der Waals surface area contributed by atoms with Crippen LogP contribution < -0.4 is 15.8 Å². The van der Waals surface area contributed by atoms with Crippen molar-refractivity contribution in [2.24, 2.45) is 5.92 Å². The molecule has 0 bridgehead atoms. The van der Waals surface area contributed by atoms with Gasteiger partial charge in [-0.05, 0) is 42.8 Å². The molecule has 1 fully saturated rings. The first kappa shape index (κ1) is 25.4. The van der Waals surface area contributed by atoms with E-state index in [1.165, 1.54) is 18.2 Å². The Labute approximate surface area is 221 Å². The number of fused-ring (bicyclic) bond motifs is 3. The monoisotopic (exact) mass is 537 g/mol. The second kappa shape index (κ2) is 8.92. The van der Waals surface area contributed by atoms with Crippen LogP contribution in [0.2, 0.25) is 0 Å². The number of aliphatic hydroxyl groups excluding tert-OH is 2. The van der Waals surface area contributed by atoms with Crippen LogP contribution in [0.5, 0.6) is 5.75 Å². The van der Waals surface area contributed by atoms with Gasteiger partial charge in [0.1, 0.15) is 22.8 Å². The molecule has 3 aliphatic rings. The molecule has 1 aliphatic heterocycles. The number of phenols is 1. The summed E-state index contributed by atoms with van der Waals surface area (Å²) in [6.07, 6.45) is -0.465. The highest BCUT2D eigenvalue weighted by molar-refractivity contribution is 7.80. The van der Waals surface area contributed by atoms with Crippen molar-refractivity contribution >= 4 is 47.5 Å². The Bertz CT molecular complexity index is 1480. The lowest BCUT2D eigenvalue weighted by Gasteiger charge is -2.49. The highest BCUT2D eigenvalue weighted by Crippen LogP contribution is 2.51. The lowest BCUT2D eigenvalue weighted by atomic mass is 9.62. The standard InChI is InChI=1S/C26H23N3O8S/c1-29-14-3-2-4-16(30)18(14)21(32)19-15(29)9-12-10-17(31)20(23(34)26(12,37)22(19)33)25(36)28-27-24(35)11-5-7-13(38)8-6-11/h2-8,12,15,30,32,34,37-38H,9-10H2,1H3,(H,27,35)(H,28,36). The normalized spacial score (nSPS) is 24.4. The zero-order valence-corrected chi connectivity index (χ0v) is 20.8. The highest BCUT2D eigenvalue weighted by Gasteiger charge is 2.61. The number of hydrogen-bond acceptors (Lipinski definition) is 10. The number of aromatic hydroxyl groups is 1. The van der Waals surface area contributed by atoms with Gasteiger partial charge in [-0.15, -0.1) is 12.6 Å². The van der Waals surface area contributed by atoms with E-state index in [0.29, 0.717) is 10.6 Å². The lowest BCUT2D eigenvalue weighted by molar-refractivity contribution is -0.146. The van der Waals surface area contributed by atoms with Crippen molar-refractivity contribution in [3.63, 3.8) is 0 Å². The van der Waals surface area contributed by atoms with E-state index in [1.54, 1.807) is 36.2 Å². The van der Waals surface area contributed by atoms with E-state index >= 15 is 0 Å². The zero-order valence-electron chi connectivity index (χ0n) is 19.9. The number of carbonyl (C=O) groups excluding carboxylic acids is 4. The maximum Gasteiger partial charge on any atom is 0.276 e. The van der Waals surface area contributed by atoms with Crippen molar-refractivity contribution in [3.05, 3.63) is 70.5 Å². The topological polar surface area (TPSA) is 176 Å². The van der Waals surface area contributed by atoms with E-state index in [9.17, 15) is 39.6 Å². The van der Waals surface area contributed by atoms with E-state index < -0.39 is 64.5 Å². The molecule has 2 amide bonds. The molecule has 1 saturated carbocycles. The third kappa shape index (κ3) is 3.63. The molecule has 2 aromatic carbocycles. The van der Waals surface area contributed by atoms with Crippen LogP contribution in [0.4, 0.5) is 5.69 Å². The molecule has 0 aromatic heterocycles. The molecule has 2 aliphatic carbocycles. The van der Waals surface area contributed by atoms with Crippen molar-refractivity contribution in [2.75, 3.05) is 11.9 Å². The molecule has 0 saturated heterocycles. The summed E-state index contributed by atoms with van der Waals surface area (Å²) < 4.78 is 0. The number of nitrogens with zero attached hydrogens (tertiary/aromatic N) is 1. The highest BCUT2D eigenvalue weighted by atomic mass is 32.1. The largest absolute Gasteiger partial charge is 0.508 e. The average Bonchev–Trinajstić information content (AvgIpc) is 2.88. The first-order valence-corrected chi connectivity index (χ1v) is 12.0. The Morgan fingerprint density at radius 1 is 1.03 bits per heavy atom. The predicted octanol–water partition coefficient (Wildman–Crippen LogP) is 1.33. The molecular formula is C26H23N3O8S. The van der Waals surface area contributed by atoms with Crippen molar-refractivity contribution in [1.82, 2.24) is 10.9 Å². The van der Waals surface area contributed by atoms with Gasteiger partial charge in [-0.25, -0.2) is 0 Å². The van der Waals surface area contributed by atoms with Gasteiger partial charge >= 0.3 is 0 Å². The van der Waals surface area contributed by atoms with E-state index in [4.69, 9.17) is 0 Å². The van der Waals surface area contributed by atoms with E-state index in [1.807, 2.05) is 5.43 Å². The minimum absolute atomic E-state index is 0.0152. The van der Waals surface area contributed by atoms with Gasteiger partial charge in [-0.1, -0.05) is 6.07 Å². The molecule has 2 aromatic rings. The summed E-state index contributed by atoms with van der Waals surface area (Å²) in [5.41, 5.74) is 0.916. The van der Waals surface area contributed by atoms with Crippen molar-refractivity contribution in [1.29, 1.82) is 0 Å². The summed E-state index contributed by atoms with van der Waals surface area (Å²) in [5, 5.41) is 43.8. The number of thiol groups is 1. The third-order valence-corrected chi connectivity index (χ3v) is 7.64. The summed E-state index contributed by atoms with van der Waals surface area (Å²) in [4.78, 5) is 54.0. The Morgan fingerprint density at radius 2 is 1.68 bits per heavy atom. The van der Waals surface area contributed by atoms with Gasteiger partial charge in [-0.3, -0.25) is 30.0 Å². The number of benzene rings is 2. The van der Waals surface area contributed by atoms with Crippen LogP contribution in [-0.4, -0.2) is 62.5 Å². The van der Waals surface area contributed by atoms with Crippen molar-refractivity contribution in [3.8, 4) is 5.75 Å². The van der Waals surface area contributed by atoms with Crippen LogP contribution in [0.25, 0.3) is 5.76 Å². The second-order valence-electron chi connectivity index (χ2n) is 9.39. The van der Waals surface area contributed by atoms with Gasteiger partial charge in [0.25, 0.3) is 11.8 Å². The molecule has 0 radical (unpaired) electrons. The maximum atomic E-state index is 13.7. The van der Waals surface area contributed by atoms with Crippen LogP contribution in [0, 0.1) is 5.92 Å². The van der Waals surface area contributed by atoms with E-state index in [2.05, 4.69) is 18.1 Å². The Kier molecular flexibility index (Phi) is 5.96. The van der Waals surface area contributed by atoms with Crippen LogP contribution in [0.1, 0.15) is 28.8 Å². The number of phenolic OH excluding ortho intramolecular Hbond substituents is 1. The van der Waals surface area contributed by atoms with Gasteiger partial charge < -0.3 is 25.3 Å². The SMILES string of the molecule is CN1c2cccc(O)c2C(O)=C2C(=O)C3(O)C(O)=C(C(=O)NNC(=O)c4ccc(S)cc4)C(=O)CC3CC21. The van der Waals surface area contributed by atoms with Crippen LogP contribution >= 0.6 is 12.6 Å². The number of amides is 2. The Morgan fingerprint density at radius 3 is 2.37 bits per heavy atom. The molecule has 6 N–H and O–H groups in total. The average molecular weight is 538 g/mol. The number of hydrogen-bond donors (Lipinski definition) is 7. The predicted molar refractivity (Wildman–Crippen MR) is 136 cm³/mol. The minimum atomic E-state index is -2.68. The summed E-state index contributed by atoms with van der Waals surface area (Å²) in [7, 11) is 1.64. The van der Waals surface area contributed by atoms with Gasteiger partial charge in [0.05, 0.1) is 22.9 Å². The molecular weight excluding hydrogens is 514 g/mol. The number of carbonyl (C=O) groups is 4. The van der Waals surface area contributed by atoms with Gasteiger partial charge in [0, 0.05) is 29.8 Å². The number of ketones is 2. The van der Waals surface area contributed by atoms with Crippen molar-refractivity contribution < 1.29 is 39.6 Å².